The van der Waals surface area contributed by atoms with E-state index in [1.54, 1.807) is 0 Å². The molecule has 2 aromatic rings. The molecule has 0 heterocycles. The van der Waals surface area contributed by atoms with Crippen LogP contribution in [-0.2, 0) is 0 Å². The van der Waals surface area contributed by atoms with Crippen molar-refractivity contribution >= 4 is 0 Å². The van der Waals surface area contributed by atoms with E-state index in [2.05, 4.69) is 18.8 Å². The molecule has 0 bridgehead atoms. The van der Waals surface area contributed by atoms with Crippen LogP contribution in [0.5, 0.6) is 11.5 Å². The van der Waals surface area contributed by atoms with Gasteiger partial charge in [-0.3, -0.25) is 0 Å². The van der Waals surface area contributed by atoms with Gasteiger partial charge in [-0.1, -0.05) is 44.4 Å². The maximum atomic E-state index is 6.03. The Balaban J connectivity index is 1.46. The molecule has 1 fully saturated rings. The highest BCUT2D eigenvalue weighted by atomic mass is 16.5. The maximum absolute atomic E-state index is 6.03. The van der Waals surface area contributed by atoms with Crippen molar-refractivity contribution in [2.24, 2.45) is 11.8 Å². The highest BCUT2D eigenvalue weighted by Crippen LogP contribution is 2.31. The predicted octanol–water partition coefficient (Wildman–Crippen LogP) is 6.47. The summed E-state index contributed by atoms with van der Waals surface area (Å²) in [6.45, 7) is 5.80. The first-order chi connectivity index (χ1) is 13.8. The molecule has 0 amide bonds. The Labute approximate surface area is 170 Å². The zero-order valence-electron chi connectivity index (χ0n) is 17.2. The molecule has 0 aromatic heterocycles. The van der Waals surface area contributed by atoms with Crippen molar-refractivity contribution in [3.63, 3.8) is 0 Å². The van der Waals surface area contributed by atoms with Crippen LogP contribution in [0.4, 0.5) is 0 Å². The molecule has 0 N–H and O–H groups in total. The Bertz CT molecular complexity index is 757. The molecule has 148 valence electrons. The summed E-state index contributed by atoms with van der Waals surface area (Å²) in [5.74, 6) is 9.91. The third-order valence-electron chi connectivity index (χ3n) is 5.52. The van der Waals surface area contributed by atoms with Crippen molar-refractivity contribution in [2.75, 3.05) is 13.2 Å². The molecule has 3 rings (SSSR count). The largest absolute Gasteiger partial charge is 0.494 e. The number of ether oxygens (including phenoxy) is 2. The molecular weight excluding hydrogens is 344 g/mol. The lowest BCUT2D eigenvalue weighted by atomic mass is 9.80. The van der Waals surface area contributed by atoms with Gasteiger partial charge in [0.15, 0.2) is 0 Å². The minimum Gasteiger partial charge on any atom is -0.494 e. The van der Waals surface area contributed by atoms with E-state index in [9.17, 15) is 0 Å². The quantitative estimate of drug-likeness (QED) is 0.516. The van der Waals surface area contributed by atoms with Gasteiger partial charge in [0.05, 0.1) is 13.2 Å². The van der Waals surface area contributed by atoms with Crippen molar-refractivity contribution in [3.05, 3.63) is 59.7 Å². The van der Waals surface area contributed by atoms with Crippen LogP contribution in [0.15, 0.2) is 48.5 Å². The number of hydrogen-bond donors (Lipinski definition) is 0. The number of benzene rings is 2. The maximum Gasteiger partial charge on any atom is 0.119 e. The minimum atomic E-state index is 0.680. The van der Waals surface area contributed by atoms with E-state index >= 15 is 0 Å². The summed E-state index contributed by atoms with van der Waals surface area (Å²) in [5, 5.41) is 0. The van der Waals surface area contributed by atoms with Crippen molar-refractivity contribution in [3.8, 4) is 23.3 Å². The van der Waals surface area contributed by atoms with E-state index in [1.807, 2.05) is 55.5 Å². The van der Waals surface area contributed by atoms with E-state index in [0.29, 0.717) is 12.5 Å². The van der Waals surface area contributed by atoms with Gasteiger partial charge >= 0.3 is 0 Å². The van der Waals surface area contributed by atoms with Crippen molar-refractivity contribution in [1.29, 1.82) is 0 Å². The fraction of sp³-hybridized carbons (Fsp3) is 0.462. The SMILES string of the molecule is CCC[C@H]1CC[C@H](COc2ccc(C#Cc3ccc(OCC)cc3)cc2)CC1. The molecule has 1 saturated carbocycles. The fourth-order valence-corrected chi connectivity index (χ4v) is 3.89. The fourth-order valence-electron chi connectivity index (χ4n) is 3.89. The third kappa shape index (κ3) is 6.34. The van der Waals surface area contributed by atoms with Crippen molar-refractivity contribution in [2.45, 2.75) is 52.4 Å². The van der Waals surface area contributed by atoms with Crippen LogP contribution < -0.4 is 9.47 Å². The minimum absolute atomic E-state index is 0.680. The smallest absolute Gasteiger partial charge is 0.119 e. The second-order valence-corrected chi connectivity index (χ2v) is 7.72. The normalized spacial score (nSPS) is 18.8. The summed E-state index contributed by atoms with van der Waals surface area (Å²) in [4.78, 5) is 0. The summed E-state index contributed by atoms with van der Waals surface area (Å²) in [6.07, 6.45) is 8.10. The highest BCUT2D eigenvalue weighted by Gasteiger charge is 2.20. The van der Waals surface area contributed by atoms with E-state index in [0.717, 1.165) is 35.2 Å². The molecule has 2 nitrogen and oxygen atoms in total. The molecule has 0 saturated heterocycles. The molecule has 2 heteroatoms. The summed E-state index contributed by atoms with van der Waals surface area (Å²) in [6, 6.07) is 16.0. The average molecular weight is 377 g/mol. The molecule has 0 unspecified atom stereocenters. The van der Waals surface area contributed by atoms with Crippen LogP contribution in [0.25, 0.3) is 0 Å². The molecule has 28 heavy (non-hydrogen) atoms. The Hall–Kier alpha value is -2.40. The molecule has 1 aliphatic rings. The monoisotopic (exact) mass is 376 g/mol. The van der Waals surface area contributed by atoms with E-state index in [1.165, 1.54) is 38.5 Å². The number of hydrogen-bond acceptors (Lipinski definition) is 2. The zero-order valence-corrected chi connectivity index (χ0v) is 17.2. The van der Waals surface area contributed by atoms with Crippen LogP contribution in [0.1, 0.15) is 63.5 Å². The van der Waals surface area contributed by atoms with Crippen molar-refractivity contribution in [1.82, 2.24) is 0 Å². The van der Waals surface area contributed by atoms with Gasteiger partial charge in [-0.25, -0.2) is 0 Å². The van der Waals surface area contributed by atoms with Gasteiger partial charge in [-0.05, 0) is 80.1 Å². The van der Waals surface area contributed by atoms with Crippen molar-refractivity contribution < 1.29 is 9.47 Å². The van der Waals surface area contributed by atoms with Gasteiger partial charge in [0.1, 0.15) is 11.5 Å². The van der Waals surface area contributed by atoms with Gasteiger partial charge in [0, 0.05) is 11.1 Å². The summed E-state index contributed by atoms with van der Waals surface area (Å²) in [7, 11) is 0. The average Bonchev–Trinajstić information content (AvgIpc) is 2.74. The summed E-state index contributed by atoms with van der Waals surface area (Å²) < 4.78 is 11.5. The van der Waals surface area contributed by atoms with Crippen LogP contribution in [0, 0.1) is 23.7 Å². The Morgan fingerprint density at radius 3 is 1.71 bits per heavy atom. The second-order valence-electron chi connectivity index (χ2n) is 7.72. The third-order valence-corrected chi connectivity index (χ3v) is 5.52. The van der Waals surface area contributed by atoms with Gasteiger partial charge in [0.2, 0.25) is 0 Å². The second kappa shape index (κ2) is 10.8. The molecule has 0 atom stereocenters. The van der Waals surface area contributed by atoms with Crippen LogP contribution >= 0.6 is 0 Å². The molecule has 2 aromatic carbocycles. The first kappa shape index (κ1) is 20.3. The standard InChI is InChI=1S/C26H32O2/c1-3-5-21-8-10-24(11-9-21)20-28-26-18-14-23(15-19-26)7-6-22-12-16-25(17-13-22)27-4-2/h12-19,21,24H,3-5,8-11,20H2,1-2H3/t21-,24-. The lowest BCUT2D eigenvalue weighted by molar-refractivity contribution is 0.178. The highest BCUT2D eigenvalue weighted by molar-refractivity contribution is 5.45. The Morgan fingerprint density at radius 1 is 0.714 bits per heavy atom. The van der Waals surface area contributed by atoms with Gasteiger partial charge in [-0.15, -0.1) is 0 Å². The van der Waals surface area contributed by atoms with Crippen LogP contribution in [-0.4, -0.2) is 13.2 Å². The Morgan fingerprint density at radius 2 is 1.21 bits per heavy atom. The lowest BCUT2D eigenvalue weighted by Crippen LogP contribution is -2.20. The molecule has 0 aliphatic heterocycles. The van der Waals surface area contributed by atoms with E-state index in [-0.39, 0.29) is 0 Å². The lowest BCUT2D eigenvalue weighted by Gasteiger charge is -2.28. The summed E-state index contributed by atoms with van der Waals surface area (Å²) in [5.41, 5.74) is 1.99. The molecule has 0 radical (unpaired) electrons. The first-order valence-electron chi connectivity index (χ1n) is 10.7. The van der Waals surface area contributed by atoms with Gasteiger partial charge in [-0.2, -0.15) is 0 Å². The van der Waals surface area contributed by atoms with E-state index < -0.39 is 0 Å². The molecular formula is C26H32O2. The molecule has 0 spiro atoms. The van der Waals surface area contributed by atoms with Crippen LogP contribution in [0.2, 0.25) is 0 Å². The first-order valence-corrected chi connectivity index (χ1v) is 10.7. The zero-order chi connectivity index (χ0) is 19.6. The van der Waals surface area contributed by atoms with Gasteiger partial charge in [0.25, 0.3) is 0 Å². The van der Waals surface area contributed by atoms with Crippen LogP contribution in [0.3, 0.4) is 0 Å². The van der Waals surface area contributed by atoms with E-state index in [4.69, 9.17) is 9.47 Å². The summed E-state index contributed by atoms with van der Waals surface area (Å²) >= 11 is 0. The molecule has 1 aliphatic carbocycles. The predicted molar refractivity (Wildman–Crippen MR) is 116 cm³/mol. The Kier molecular flexibility index (Phi) is 7.85. The van der Waals surface area contributed by atoms with Gasteiger partial charge < -0.3 is 9.47 Å². The number of rotatable bonds is 7. The topological polar surface area (TPSA) is 18.5 Å².